The smallest absolute Gasteiger partial charge is 0.0582 e. The predicted octanol–water partition coefficient (Wildman–Crippen LogP) is 2.23. The van der Waals surface area contributed by atoms with E-state index >= 15 is 0 Å². The van der Waals surface area contributed by atoms with Crippen molar-refractivity contribution in [1.82, 2.24) is 5.32 Å². The summed E-state index contributed by atoms with van der Waals surface area (Å²) in [5, 5.41) is 12.1. The standard InChI is InChI=1S/C11H16BrNO/c1-8-3-4-10(5-11(8)12)6-13-9(2)7-14/h3-5,9,13-14H,6-7H2,1-2H3. The third kappa shape index (κ3) is 3.40. The fourth-order valence-electron chi connectivity index (χ4n) is 1.10. The summed E-state index contributed by atoms with van der Waals surface area (Å²) >= 11 is 3.49. The quantitative estimate of drug-likeness (QED) is 0.868. The lowest BCUT2D eigenvalue weighted by atomic mass is 10.1. The minimum atomic E-state index is 0.148. The lowest BCUT2D eigenvalue weighted by Gasteiger charge is -2.11. The van der Waals surface area contributed by atoms with Crippen molar-refractivity contribution in [2.75, 3.05) is 6.61 Å². The first-order valence-corrected chi connectivity index (χ1v) is 5.52. The number of nitrogens with one attached hydrogen (secondary N) is 1. The summed E-state index contributed by atoms with van der Waals surface area (Å²) < 4.78 is 1.13. The van der Waals surface area contributed by atoms with E-state index in [1.54, 1.807) is 0 Å². The molecule has 0 spiro atoms. The lowest BCUT2D eigenvalue weighted by molar-refractivity contribution is 0.251. The number of hydrogen-bond donors (Lipinski definition) is 2. The van der Waals surface area contributed by atoms with E-state index in [1.165, 1.54) is 11.1 Å². The molecule has 0 aliphatic carbocycles. The van der Waals surface area contributed by atoms with E-state index in [2.05, 4.69) is 46.4 Å². The average molecular weight is 258 g/mol. The summed E-state index contributed by atoms with van der Waals surface area (Å²) in [6.07, 6.45) is 0. The third-order valence-corrected chi connectivity index (χ3v) is 3.02. The van der Waals surface area contributed by atoms with Crippen molar-refractivity contribution in [1.29, 1.82) is 0 Å². The minimum Gasteiger partial charge on any atom is -0.395 e. The van der Waals surface area contributed by atoms with Crippen molar-refractivity contribution in [3.63, 3.8) is 0 Å². The molecule has 2 nitrogen and oxygen atoms in total. The Kier molecular flexibility index (Phi) is 4.58. The van der Waals surface area contributed by atoms with Crippen LogP contribution in [0.15, 0.2) is 22.7 Å². The van der Waals surface area contributed by atoms with Crippen LogP contribution in [0.25, 0.3) is 0 Å². The van der Waals surface area contributed by atoms with Crippen molar-refractivity contribution < 1.29 is 5.11 Å². The van der Waals surface area contributed by atoms with E-state index < -0.39 is 0 Å². The fraction of sp³-hybridized carbons (Fsp3) is 0.455. The first-order chi connectivity index (χ1) is 6.63. The van der Waals surface area contributed by atoms with Gasteiger partial charge in [-0.1, -0.05) is 28.1 Å². The molecule has 0 saturated carbocycles. The average Bonchev–Trinajstić information content (AvgIpc) is 2.19. The van der Waals surface area contributed by atoms with Crippen molar-refractivity contribution in [2.24, 2.45) is 0 Å². The van der Waals surface area contributed by atoms with Gasteiger partial charge in [0.15, 0.2) is 0 Å². The van der Waals surface area contributed by atoms with Gasteiger partial charge in [-0.05, 0) is 31.0 Å². The molecule has 0 bridgehead atoms. The molecule has 0 aliphatic rings. The Morgan fingerprint density at radius 1 is 1.50 bits per heavy atom. The molecule has 0 amide bonds. The summed E-state index contributed by atoms with van der Waals surface area (Å²) in [4.78, 5) is 0. The summed E-state index contributed by atoms with van der Waals surface area (Å²) in [7, 11) is 0. The number of aliphatic hydroxyl groups is 1. The third-order valence-electron chi connectivity index (χ3n) is 2.16. The van der Waals surface area contributed by atoms with Crippen LogP contribution in [-0.4, -0.2) is 17.8 Å². The molecule has 0 aliphatic heterocycles. The normalized spacial score (nSPS) is 12.9. The van der Waals surface area contributed by atoms with E-state index in [9.17, 15) is 0 Å². The van der Waals surface area contributed by atoms with Crippen LogP contribution in [0.2, 0.25) is 0 Å². The maximum Gasteiger partial charge on any atom is 0.0582 e. The highest BCUT2D eigenvalue weighted by Crippen LogP contribution is 2.17. The van der Waals surface area contributed by atoms with Crippen molar-refractivity contribution in [3.05, 3.63) is 33.8 Å². The van der Waals surface area contributed by atoms with Gasteiger partial charge < -0.3 is 10.4 Å². The molecule has 2 N–H and O–H groups in total. The molecular formula is C11H16BrNO. The van der Waals surface area contributed by atoms with Gasteiger partial charge in [-0.3, -0.25) is 0 Å². The van der Waals surface area contributed by atoms with Gasteiger partial charge in [0.2, 0.25) is 0 Å². The van der Waals surface area contributed by atoms with Gasteiger partial charge in [-0.2, -0.15) is 0 Å². The van der Waals surface area contributed by atoms with E-state index in [0.717, 1.165) is 11.0 Å². The van der Waals surface area contributed by atoms with Crippen molar-refractivity contribution in [3.8, 4) is 0 Å². The molecule has 1 aromatic carbocycles. The zero-order chi connectivity index (χ0) is 10.6. The number of aliphatic hydroxyl groups excluding tert-OH is 1. The van der Waals surface area contributed by atoms with Gasteiger partial charge >= 0.3 is 0 Å². The fourth-order valence-corrected chi connectivity index (χ4v) is 1.53. The van der Waals surface area contributed by atoms with Crippen LogP contribution in [0.3, 0.4) is 0 Å². The molecule has 0 radical (unpaired) electrons. The molecular weight excluding hydrogens is 242 g/mol. The van der Waals surface area contributed by atoms with Crippen molar-refractivity contribution in [2.45, 2.75) is 26.4 Å². The van der Waals surface area contributed by atoms with E-state index in [0.29, 0.717) is 0 Å². The number of rotatable bonds is 4. The van der Waals surface area contributed by atoms with Crippen LogP contribution in [0.1, 0.15) is 18.1 Å². The highest BCUT2D eigenvalue weighted by atomic mass is 79.9. The zero-order valence-electron chi connectivity index (χ0n) is 8.55. The van der Waals surface area contributed by atoms with Crippen molar-refractivity contribution >= 4 is 15.9 Å². The van der Waals surface area contributed by atoms with Gasteiger partial charge in [-0.25, -0.2) is 0 Å². The predicted molar refractivity (Wildman–Crippen MR) is 62.3 cm³/mol. The maximum atomic E-state index is 8.84. The number of benzene rings is 1. The molecule has 78 valence electrons. The van der Waals surface area contributed by atoms with Crippen LogP contribution in [0, 0.1) is 6.92 Å². The zero-order valence-corrected chi connectivity index (χ0v) is 10.1. The van der Waals surface area contributed by atoms with Crippen LogP contribution < -0.4 is 5.32 Å². The molecule has 1 aromatic rings. The second kappa shape index (κ2) is 5.49. The van der Waals surface area contributed by atoms with E-state index in [-0.39, 0.29) is 12.6 Å². The SMILES string of the molecule is Cc1ccc(CNC(C)CO)cc1Br. The van der Waals surface area contributed by atoms with Gasteiger partial charge in [-0.15, -0.1) is 0 Å². The van der Waals surface area contributed by atoms with E-state index in [4.69, 9.17) is 5.11 Å². The largest absolute Gasteiger partial charge is 0.395 e. The molecule has 0 saturated heterocycles. The second-order valence-corrected chi connectivity index (χ2v) is 4.40. The first-order valence-electron chi connectivity index (χ1n) is 4.72. The Labute approximate surface area is 93.5 Å². The Bertz CT molecular complexity index is 301. The van der Waals surface area contributed by atoms with Crippen LogP contribution in [0.5, 0.6) is 0 Å². The maximum absolute atomic E-state index is 8.84. The Morgan fingerprint density at radius 3 is 2.79 bits per heavy atom. The molecule has 0 fully saturated rings. The Balaban J connectivity index is 2.55. The summed E-state index contributed by atoms with van der Waals surface area (Å²) in [6.45, 7) is 4.99. The van der Waals surface area contributed by atoms with E-state index in [1.807, 2.05) is 6.92 Å². The van der Waals surface area contributed by atoms with Gasteiger partial charge in [0.05, 0.1) is 6.61 Å². The second-order valence-electron chi connectivity index (χ2n) is 3.55. The molecule has 3 heteroatoms. The van der Waals surface area contributed by atoms with Gasteiger partial charge in [0.25, 0.3) is 0 Å². The number of aryl methyl sites for hydroxylation is 1. The molecule has 14 heavy (non-hydrogen) atoms. The molecule has 0 heterocycles. The highest BCUT2D eigenvalue weighted by molar-refractivity contribution is 9.10. The monoisotopic (exact) mass is 257 g/mol. The summed E-state index contributed by atoms with van der Waals surface area (Å²) in [5.74, 6) is 0. The van der Waals surface area contributed by atoms with Crippen LogP contribution in [-0.2, 0) is 6.54 Å². The first kappa shape index (κ1) is 11.7. The van der Waals surface area contributed by atoms with Crippen LogP contribution in [0.4, 0.5) is 0 Å². The Morgan fingerprint density at radius 2 is 2.21 bits per heavy atom. The van der Waals surface area contributed by atoms with Crippen LogP contribution >= 0.6 is 15.9 Å². The summed E-state index contributed by atoms with van der Waals surface area (Å²) in [5.41, 5.74) is 2.46. The number of hydrogen-bond acceptors (Lipinski definition) is 2. The minimum absolute atomic E-state index is 0.148. The lowest BCUT2D eigenvalue weighted by Crippen LogP contribution is -2.28. The summed E-state index contributed by atoms with van der Waals surface area (Å²) in [6, 6.07) is 6.43. The topological polar surface area (TPSA) is 32.3 Å². The number of halogens is 1. The molecule has 1 atom stereocenters. The Hall–Kier alpha value is -0.380. The highest BCUT2D eigenvalue weighted by Gasteiger charge is 2.00. The molecule has 1 unspecified atom stereocenters. The molecule has 0 aromatic heterocycles. The molecule has 1 rings (SSSR count). The van der Waals surface area contributed by atoms with Gasteiger partial charge in [0, 0.05) is 17.1 Å². The van der Waals surface area contributed by atoms with Gasteiger partial charge in [0.1, 0.15) is 0 Å².